The Morgan fingerprint density at radius 1 is 1.04 bits per heavy atom. The fraction of sp³-hybridized carbons (Fsp3) is 0.674. The second-order valence-corrected chi connectivity index (χ2v) is 16.9. The lowest BCUT2D eigenvalue weighted by molar-refractivity contribution is -0.151. The molecule has 2 amide bonds. The first-order chi connectivity index (χ1) is 26.5. The van der Waals surface area contributed by atoms with Crippen molar-refractivity contribution in [3.8, 4) is 0 Å². The van der Waals surface area contributed by atoms with Gasteiger partial charge in [0.05, 0.1) is 18.6 Å². The van der Waals surface area contributed by atoms with Crippen molar-refractivity contribution in [2.75, 3.05) is 33.0 Å². The van der Waals surface area contributed by atoms with Crippen LogP contribution in [0, 0.1) is 23.7 Å². The number of Topliss-reactive ketones (excluding diaryl/α,β-unsaturated/α-hetero) is 1. The number of thiazole rings is 1. The lowest BCUT2D eigenvalue weighted by Crippen LogP contribution is -2.56. The number of likely N-dealkylation sites (N-methyl/N-ethyl adjacent to an activating group) is 1. The van der Waals surface area contributed by atoms with Gasteiger partial charge in [0.15, 0.2) is 11.9 Å². The van der Waals surface area contributed by atoms with Crippen molar-refractivity contribution < 1.29 is 33.4 Å². The molecule has 2 aromatic rings. The first-order valence-corrected chi connectivity index (χ1v) is 21.3. The molecular formula is C43H67N5O7S. The zero-order valence-corrected chi connectivity index (χ0v) is 36.2. The van der Waals surface area contributed by atoms with Crippen molar-refractivity contribution in [3.63, 3.8) is 0 Å². The van der Waals surface area contributed by atoms with E-state index in [0.717, 1.165) is 37.8 Å². The molecule has 1 unspecified atom stereocenters. The third kappa shape index (κ3) is 12.1. The quantitative estimate of drug-likeness (QED) is 0.0993. The van der Waals surface area contributed by atoms with Gasteiger partial charge in [-0.25, -0.2) is 4.98 Å². The number of nitrogens with zero attached hydrogens (tertiary/aromatic N) is 3. The van der Waals surface area contributed by atoms with Gasteiger partial charge >= 0.3 is 11.9 Å². The highest BCUT2D eigenvalue weighted by Gasteiger charge is 2.45. The molecule has 13 heteroatoms. The summed E-state index contributed by atoms with van der Waals surface area (Å²) in [7, 11) is 3.37. The van der Waals surface area contributed by atoms with E-state index in [2.05, 4.69) is 36.0 Å². The van der Waals surface area contributed by atoms with Crippen LogP contribution in [0.1, 0.15) is 134 Å². The van der Waals surface area contributed by atoms with E-state index in [1.807, 2.05) is 44.9 Å². The summed E-state index contributed by atoms with van der Waals surface area (Å²) in [5, 5.41) is 5.13. The van der Waals surface area contributed by atoms with Crippen LogP contribution >= 0.6 is 11.3 Å². The Morgan fingerprint density at radius 2 is 1.71 bits per heavy atom. The van der Waals surface area contributed by atoms with Crippen molar-refractivity contribution in [1.82, 2.24) is 20.1 Å². The molecule has 3 N–H and O–H groups in total. The van der Waals surface area contributed by atoms with Gasteiger partial charge in [-0.2, -0.15) is 0 Å². The molecule has 1 saturated heterocycles. The number of esters is 2. The van der Waals surface area contributed by atoms with Gasteiger partial charge in [0, 0.05) is 55.4 Å². The summed E-state index contributed by atoms with van der Waals surface area (Å²) >= 11 is 1.22. The molecule has 0 spiro atoms. The molecule has 7 atom stereocenters. The molecule has 0 saturated carbocycles. The van der Waals surface area contributed by atoms with E-state index in [4.69, 9.17) is 15.2 Å². The van der Waals surface area contributed by atoms with Crippen molar-refractivity contribution in [2.45, 2.75) is 137 Å². The molecule has 3 rings (SSSR count). The van der Waals surface area contributed by atoms with Crippen molar-refractivity contribution in [2.24, 2.45) is 23.7 Å². The SMILES string of the molecule is CC[C@H](C)[C@H](CC(=O)C1(CC)CCCCN1C)C(=O)N(CC)[C@H](C[C@@H](OC(C)=O)c1nc(C(=O)N[C@@H](Cc2ccc(N)cc2)C[C@H](C)C(=O)OC)cs1)C(C)C. The topological polar surface area (TPSA) is 161 Å². The van der Waals surface area contributed by atoms with Crippen LogP contribution in [0.5, 0.6) is 0 Å². The molecular weight excluding hydrogens is 731 g/mol. The largest absolute Gasteiger partial charge is 0.469 e. The maximum atomic E-state index is 14.7. The van der Waals surface area contributed by atoms with Crippen LogP contribution < -0.4 is 11.1 Å². The molecule has 2 heterocycles. The van der Waals surface area contributed by atoms with Crippen LogP contribution in [0.3, 0.4) is 0 Å². The predicted molar refractivity (Wildman–Crippen MR) is 221 cm³/mol. The molecule has 1 aromatic carbocycles. The minimum atomic E-state index is -0.818. The Kier molecular flexibility index (Phi) is 18.0. The zero-order chi connectivity index (χ0) is 41.7. The predicted octanol–water partition coefficient (Wildman–Crippen LogP) is 7.02. The Morgan fingerprint density at radius 3 is 2.27 bits per heavy atom. The highest BCUT2D eigenvalue weighted by Crippen LogP contribution is 2.36. The van der Waals surface area contributed by atoms with Crippen LogP contribution in [0.15, 0.2) is 29.6 Å². The third-order valence-corrected chi connectivity index (χ3v) is 12.8. The second-order valence-electron chi connectivity index (χ2n) is 16.0. The number of rotatable bonds is 21. The highest BCUT2D eigenvalue weighted by molar-refractivity contribution is 7.09. The lowest BCUT2D eigenvalue weighted by Gasteiger charge is -2.45. The molecule has 0 radical (unpaired) electrons. The number of carbonyl (C=O) groups is 5. The molecule has 12 nitrogen and oxygen atoms in total. The van der Waals surface area contributed by atoms with Gasteiger partial charge < -0.3 is 25.4 Å². The smallest absolute Gasteiger partial charge is 0.308 e. The molecule has 1 fully saturated rings. The molecule has 1 aromatic heterocycles. The maximum Gasteiger partial charge on any atom is 0.308 e. The summed E-state index contributed by atoms with van der Waals surface area (Å²) in [6.07, 6.45) is 4.76. The lowest BCUT2D eigenvalue weighted by atomic mass is 9.75. The van der Waals surface area contributed by atoms with Crippen LogP contribution in [0.2, 0.25) is 0 Å². The first-order valence-electron chi connectivity index (χ1n) is 20.4. The zero-order valence-electron chi connectivity index (χ0n) is 35.4. The van der Waals surface area contributed by atoms with Gasteiger partial charge in [0.2, 0.25) is 5.91 Å². The Labute approximate surface area is 338 Å². The highest BCUT2D eigenvalue weighted by atomic mass is 32.1. The van der Waals surface area contributed by atoms with E-state index in [1.165, 1.54) is 25.4 Å². The summed E-state index contributed by atoms with van der Waals surface area (Å²) in [5.41, 5.74) is 7.05. The van der Waals surface area contributed by atoms with Crippen molar-refractivity contribution >= 4 is 46.6 Å². The second kappa shape index (κ2) is 21.6. The number of nitrogens with two attached hydrogens (primary N) is 1. The van der Waals surface area contributed by atoms with Gasteiger partial charge in [-0.05, 0) is 88.6 Å². The van der Waals surface area contributed by atoms with E-state index in [-0.39, 0.29) is 54.1 Å². The van der Waals surface area contributed by atoms with Crippen molar-refractivity contribution in [3.05, 3.63) is 45.9 Å². The molecule has 312 valence electrons. The maximum absolute atomic E-state index is 14.7. The number of ketones is 1. The fourth-order valence-corrected chi connectivity index (χ4v) is 9.01. The van der Waals surface area contributed by atoms with E-state index < -0.39 is 41.4 Å². The van der Waals surface area contributed by atoms with E-state index in [0.29, 0.717) is 36.5 Å². The normalized spacial score (nSPS) is 19.3. The number of piperidine rings is 1. The number of carbonyl (C=O) groups excluding carboxylic acids is 5. The summed E-state index contributed by atoms with van der Waals surface area (Å²) in [6, 6.07) is 6.59. The number of likely N-dealkylation sites (tertiary alicyclic amines) is 1. The average molecular weight is 798 g/mol. The number of aromatic nitrogens is 1. The third-order valence-electron chi connectivity index (χ3n) is 11.8. The van der Waals surface area contributed by atoms with E-state index in [9.17, 15) is 24.0 Å². The number of amides is 2. The number of methoxy groups -OCH3 is 1. The fourth-order valence-electron chi connectivity index (χ4n) is 8.17. The number of nitrogens with one attached hydrogen (secondary N) is 1. The van der Waals surface area contributed by atoms with Gasteiger partial charge in [0.1, 0.15) is 10.7 Å². The number of anilines is 1. The number of ether oxygens (including phenoxy) is 2. The molecule has 0 bridgehead atoms. The van der Waals surface area contributed by atoms with Gasteiger partial charge in [-0.1, -0.05) is 60.1 Å². The Balaban J connectivity index is 1.88. The molecule has 0 aliphatic carbocycles. The number of benzene rings is 1. The summed E-state index contributed by atoms with van der Waals surface area (Å²) in [5.74, 6) is -2.21. The van der Waals surface area contributed by atoms with Crippen LogP contribution in [0.25, 0.3) is 0 Å². The summed E-state index contributed by atoms with van der Waals surface area (Å²) < 4.78 is 10.8. The van der Waals surface area contributed by atoms with Gasteiger partial charge in [-0.3, -0.25) is 28.9 Å². The van der Waals surface area contributed by atoms with Crippen LogP contribution in [-0.4, -0.2) is 89.2 Å². The minimum absolute atomic E-state index is 0.0140. The summed E-state index contributed by atoms with van der Waals surface area (Å²) in [6.45, 7) is 16.6. The van der Waals surface area contributed by atoms with Crippen LogP contribution in [-0.2, 0) is 35.1 Å². The monoisotopic (exact) mass is 797 g/mol. The number of hydrogen-bond acceptors (Lipinski definition) is 11. The minimum Gasteiger partial charge on any atom is -0.469 e. The molecule has 1 aliphatic heterocycles. The van der Waals surface area contributed by atoms with Gasteiger partial charge in [0.25, 0.3) is 5.91 Å². The van der Waals surface area contributed by atoms with E-state index >= 15 is 0 Å². The van der Waals surface area contributed by atoms with E-state index in [1.54, 1.807) is 24.4 Å². The van der Waals surface area contributed by atoms with Crippen molar-refractivity contribution in [1.29, 1.82) is 0 Å². The van der Waals surface area contributed by atoms with Gasteiger partial charge in [-0.15, -0.1) is 11.3 Å². The number of nitrogen functional groups attached to an aromatic ring is 1. The standard InChI is InChI=1S/C43H67N5O7S/c1-11-28(6)34(24-38(50)43(12-2)20-14-15-21-47(43)9)41(52)48(13-3)36(27(4)5)25-37(55-30(8)49)40-46-35(26-56-40)39(51)45-33(22-29(7)42(53)54-10)23-31-16-18-32(44)19-17-31/h16-19,26-29,33-34,36-37H,11-15,20-25,44H2,1-10H3,(H,45,51)/t28-,29-,33+,34-,36+,37+,43?/m0/s1. The van der Waals surface area contributed by atoms with Crippen LogP contribution in [0.4, 0.5) is 5.69 Å². The Hall–Kier alpha value is -3.84. The first kappa shape index (κ1) is 46.5. The summed E-state index contributed by atoms with van der Waals surface area (Å²) in [4.78, 5) is 76.1. The average Bonchev–Trinajstić information content (AvgIpc) is 3.67. The number of hydrogen-bond donors (Lipinski definition) is 2. The molecule has 56 heavy (non-hydrogen) atoms. The molecule has 1 aliphatic rings. The Bertz CT molecular complexity index is 1610.